The smallest absolute Gasteiger partial charge is 0.313 e. The predicted octanol–water partition coefficient (Wildman–Crippen LogP) is 2.48. The second kappa shape index (κ2) is 4.04. The molecule has 2 rings (SSSR count). The summed E-state index contributed by atoms with van der Waals surface area (Å²) in [5.74, 6) is -4.33. The lowest BCUT2D eigenvalue weighted by molar-refractivity contribution is 0.0445. The van der Waals surface area contributed by atoms with E-state index in [2.05, 4.69) is 16.5 Å². The van der Waals surface area contributed by atoms with Crippen LogP contribution in [-0.4, -0.2) is 15.1 Å². The summed E-state index contributed by atoms with van der Waals surface area (Å²) in [5.41, 5.74) is -0.256. The van der Waals surface area contributed by atoms with Gasteiger partial charge in [-0.05, 0) is 24.3 Å². The minimum Gasteiger partial charge on any atom is -0.492 e. The van der Waals surface area contributed by atoms with Crippen molar-refractivity contribution in [3.05, 3.63) is 42.1 Å². The highest BCUT2D eigenvalue weighted by atomic mass is 19.3. The second-order valence-corrected chi connectivity index (χ2v) is 3.54. The number of rotatable bonds is 2. The minimum absolute atomic E-state index is 0.114. The molecule has 4 nitrogen and oxygen atoms in total. The van der Waals surface area contributed by atoms with Crippen molar-refractivity contribution in [3.8, 4) is 11.9 Å². The summed E-state index contributed by atoms with van der Waals surface area (Å²) in [6.45, 7) is 2.98. The van der Waals surface area contributed by atoms with Crippen LogP contribution in [-0.2, 0) is 5.92 Å². The van der Waals surface area contributed by atoms with Crippen molar-refractivity contribution in [2.75, 3.05) is 0 Å². The lowest BCUT2D eigenvalue weighted by Crippen LogP contribution is -2.12. The molecule has 6 heteroatoms. The standard InChI is InChI=1S/C12H7F2N3O/c1-2-12(13,14)10-11(18)17-8-4-3-7(6-15)5-9(8)16-10/h2-5H,1H2,(H,17,18). The molecule has 1 heterocycles. The number of aromatic hydroxyl groups is 1. The first-order chi connectivity index (χ1) is 8.47. The van der Waals surface area contributed by atoms with E-state index >= 15 is 0 Å². The molecule has 0 radical (unpaired) electrons. The third-order valence-electron chi connectivity index (χ3n) is 2.35. The minimum atomic E-state index is -3.48. The molecular weight excluding hydrogens is 240 g/mol. The van der Waals surface area contributed by atoms with E-state index in [-0.39, 0.29) is 16.6 Å². The summed E-state index contributed by atoms with van der Waals surface area (Å²) in [6.07, 6.45) is 0.372. The fourth-order valence-electron chi connectivity index (χ4n) is 1.43. The molecule has 18 heavy (non-hydrogen) atoms. The van der Waals surface area contributed by atoms with Crippen molar-refractivity contribution in [2.24, 2.45) is 0 Å². The Balaban J connectivity index is 2.74. The molecule has 0 amide bonds. The third kappa shape index (κ3) is 1.86. The number of hydrogen-bond donors (Lipinski definition) is 1. The number of hydrogen-bond acceptors (Lipinski definition) is 4. The Kier molecular flexibility index (Phi) is 2.67. The first-order valence-corrected chi connectivity index (χ1v) is 4.90. The van der Waals surface area contributed by atoms with E-state index in [1.54, 1.807) is 0 Å². The van der Waals surface area contributed by atoms with Gasteiger partial charge in [0.25, 0.3) is 0 Å². The molecule has 1 aromatic carbocycles. The fraction of sp³-hybridized carbons (Fsp3) is 0.0833. The maximum Gasteiger partial charge on any atom is 0.313 e. The van der Waals surface area contributed by atoms with Gasteiger partial charge in [0.15, 0.2) is 5.69 Å². The van der Waals surface area contributed by atoms with Gasteiger partial charge in [-0.1, -0.05) is 6.58 Å². The van der Waals surface area contributed by atoms with Crippen molar-refractivity contribution in [1.82, 2.24) is 9.97 Å². The number of nitrogens with zero attached hydrogens (tertiary/aromatic N) is 3. The third-order valence-corrected chi connectivity index (χ3v) is 2.35. The molecule has 0 atom stereocenters. The van der Waals surface area contributed by atoms with Crippen LogP contribution in [0.1, 0.15) is 11.3 Å². The largest absolute Gasteiger partial charge is 0.492 e. The summed E-state index contributed by atoms with van der Waals surface area (Å²) in [5, 5.41) is 18.2. The monoisotopic (exact) mass is 247 g/mol. The van der Waals surface area contributed by atoms with Gasteiger partial charge in [0, 0.05) is 0 Å². The summed E-state index contributed by atoms with van der Waals surface area (Å²) in [7, 11) is 0. The Hall–Kier alpha value is -2.55. The van der Waals surface area contributed by atoms with E-state index in [9.17, 15) is 13.9 Å². The molecule has 2 aromatic rings. The van der Waals surface area contributed by atoms with E-state index in [1.165, 1.54) is 18.2 Å². The lowest BCUT2D eigenvalue weighted by atomic mass is 10.2. The molecule has 0 spiro atoms. The van der Waals surface area contributed by atoms with Crippen LogP contribution in [0.3, 0.4) is 0 Å². The van der Waals surface area contributed by atoms with Crippen LogP contribution in [0.4, 0.5) is 8.78 Å². The molecule has 90 valence electrons. The zero-order chi connectivity index (χ0) is 13.3. The highest BCUT2D eigenvalue weighted by Gasteiger charge is 2.33. The average molecular weight is 247 g/mol. The van der Waals surface area contributed by atoms with Gasteiger partial charge in [-0.3, -0.25) is 0 Å². The van der Waals surface area contributed by atoms with Crippen molar-refractivity contribution in [1.29, 1.82) is 5.26 Å². The maximum atomic E-state index is 13.4. The van der Waals surface area contributed by atoms with Gasteiger partial charge in [0.1, 0.15) is 0 Å². The number of alkyl halides is 2. The van der Waals surface area contributed by atoms with Crippen LogP contribution in [0.5, 0.6) is 5.88 Å². The molecule has 0 aliphatic carbocycles. The Morgan fingerprint density at radius 3 is 2.67 bits per heavy atom. The second-order valence-electron chi connectivity index (χ2n) is 3.54. The van der Waals surface area contributed by atoms with Gasteiger partial charge < -0.3 is 5.11 Å². The average Bonchev–Trinajstić information content (AvgIpc) is 2.37. The molecule has 1 aromatic heterocycles. The Morgan fingerprint density at radius 2 is 2.06 bits per heavy atom. The quantitative estimate of drug-likeness (QED) is 0.827. The van der Waals surface area contributed by atoms with E-state index < -0.39 is 17.5 Å². The summed E-state index contributed by atoms with van der Waals surface area (Å²) in [4.78, 5) is 7.26. The van der Waals surface area contributed by atoms with Crippen molar-refractivity contribution >= 4 is 11.0 Å². The number of halogens is 2. The van der Waals surface area contributed by atoms with Gasteiger partial charge >= 0.3 is 5.92 Å². The Morgan fingerprint density at radius 1 is 1.33 bits per heavy atom. The van der Waals surface area contributed by atoms with E-state index in [4.69, 9.17) is 5.26 Å². The van der Waals surface area contributed by atoms with Gasteiger partial charge in [-0.25, -0.2) is 9.97 Å². The van der Waals surface area contributed by atoms with Crippen LogP contribution in [0.15, 0.2) is 30.9 Å². The number of nitriles is 1. The summed E-state index contributed by atoms with van der Waals surface area (Å²) < 4.78 is 26.8. The van der Waals surface area contributed by atoms with Gasteiger partial charge in [0.2, 0.25) is 5.88 Å². The topological polar surface area (TPSA) is 69.8 Å². The Bertz CT molecular complexity index is 677. The van der Waals surface area contributed by atoms with Gasteiger partial charge in [0.05, 0.1) is 22.7 Å². The number of benzene rings is 1. The van der Waals surface area contributed by atoms with Crippen molar-refractivity contribution < 1.29 is 13.9 Å². The van der Waals surface area contributed by atoms with Crippen LogP contribution >= 0.6 is 0 Å². The fourth-order valence-corrected chi connectivity index (χ4v) is 1.43. The molecule has 0 saturated carbocycles. The van der Waals surface area contributed by atoms with E-state index in [1.807, 2.05) is 6.07 Å². The maximum absolute atomic E-state index is 13.4. The van der Waals surface area contributed by atoms with E-state index in [0.717, 1.165) is 0 Å². The molecule has 0 unspecified atom stereocenters. The highest BCUT2D eigenvalue weighted by molar-refractivity contribution is 5.76. The van der Waals surface area contributed by atoms with Crippen molar-refractivity contribution in [2.45, 2.75) is 5.92 Å². The van der Waals surface area contributed by atoms with Crippen LogP contribution in [0.25, 0.3) is 11.0 Å². The van der Waals surface area contributed by atoms with Crippen LogP contribution < -0.4 is 0 Å². The molecular formula is C12H7F2N3O. The summed E-state index contributed by atoms with van der Waals surface area (Å²) >= 11 is 0. The normalized spacial score (nSPS) is 11.2. The number of fused-ring (bicyclic) bond motifs is 1. The molecule has 0 fully saturated rings. The first kappa shape index (κ1) is 11.9. The predicted molar refractivity (Wildman–Crippen MR) is 60.0 cm³/mol. The molecule has 0 saturated heterocycles. The zero-order valence-electron chi connectivity index (χ0n) is 9.06. The number of aromatic nitrogens is 2. The van der Waals surface area contributed by atoms with Gasteiger partial charge in [-0.2, -0.15) is 14.0 Å². The van der Waals surface area contributed by atoms with Crippen LogP contribution in [0.2, 0.25) is 0 Å². The SMILES string of the molecule is C=CC(F)(F)c1nc2cc(C#N)ccc2nc1O. The Labute approximate surface area is 101 Å². The summed E-state index contributed by atoms with van der Waals surface area (Å²) in [6, 6.07) is 6.08. The lowest BCUT2D eigenvalue weighted by Gasteiger charge is -2.12. The van der Waals surface area contributed by atoms with Crippen molar-refractivity contribution in [3.63, 3.8) is 0 Å². The highest BCUT2D eigenvalue weighted by Crippen LogP contribution is 2.33. The molecule has 0 aliphatic heterocycles. The number of allylic oxidation sites excluding steroid dienone is 1. The molecule has 1 N–H and O–H groups in total. The molecule has 0 bridgehead atoms. The molecule has 0 aliphatic rings. The van der Waals surface area contributed by atoms with E-state index in [0.29, 0.717) is 6.08 Å². The zero-order valence-corrected chi connectivity index (χ0v) is 9.06. The first-order valence-electron chi connectivity index (χ1n) is 4.90. The van der Waals surface area contributed by atoms with Crippen LogP contribution in [0, 0.1) is 11.3 Å². The van der Waals surface area contributed by atoms with Gasteiger partial charge in [-0.15, -0.1) is 0 Å².